The zero-order chi connectivity index (χ0) is 13.8. The van der Waals surface area contributed by atoms with E-state index >= 15 is 0 Å². The van der Waals surface area contributed by atoms with Gasteiger partial charge in [-0.25, -0.2) is 8.42 Å². The molecule has 0 aliphatic carbocycles. The van der Waals surface area contributed by atoms with Gasteiger partial charge in [0, 0.05) is 17.3 Å². The van der Waals surface area contributed by atoms with E-state index in [-0.39, 0.29) is 0 Å². The molecular weight excluding hydrogens is 318 g/mol. The Balaban J connectivity index is 2.71. The molecule has 1 aromatic carbocycles. The highest BCUT2D eigenvalue weighted by Gasteiger charge is 2.23. The molecule has 1 amide bonds. The second-order valence-corrected chi connectivity index (χ2v) is 7.26. The van der Waals surface area contributed by atoms with Gasteiger partial charge < -0.3 is 5.32 Å². The maximum absolute atomic E-state index is 11.7. The highest BCUT2D eigenvalue weighted by molar-refractivity contribution is 9.09. The summed E-state index contributed by atoms with van der Waals surface area (Å²) < 4.78 is 22.5. The molecule has 0 aromatic heterocycles. The Kier molecular flexibility index (Phi) is 5.34. The van der Waals surface area contributed by atoms with Crippen molar-refractivity contribution in [3.63, 3.8) is 0 Å². The summed E-state index contributed by atoms with van der Waals surface area (Å²) in [5.74, 6) is -0.509. The van der Waals surface area contributed by atoms with Crippen molar-refractivity contribution in [2.75, 3.05) is 16.9 Å². The molecule has 0 aliphatic heterocycles. The van der Waals surface area contributed by atoms with Gasteiger partial charge in [0.25, 0.3) is 0 Å². The number of anilines is 1. The van der Waals surface area contributed by atoms with Crippen LogP contribution in [-0.2, 0) is 21.1 Å². The maximum atomic E-state index is 11.7. The fourth-order valence-electron chi connectivity index (χ4n) is 1.30. The van der Waals surface area contributed by atoms with Crippen LogP contribution in [0.1, 0.15) is 12.5 Å². The van der Waals surface area contributed by atoms with Crippen LogP contribution in [0.25, 0.3) is 0 Å². The van der Waals surface area contributed by atoms with E-state index in [0.717, 1.165) is 23.6 Å². The van der Waals surface area contributed by atoms with Crippen molar-refractivity contribution in [3.05, 3.63) is 29.8 Å². The first-order chi connectivity index (χ1) is 8.34. The molecule has 0 spiro atoms. The van der Waals surface area contributed by atoms with Crippen LogP contribution in [0.15, 0.2) is 24.3 Å². The van der Waals surface area contributed by atoms with E-state index in [1.54, 1.807) is 12.1 Å². The molecule has 0 heterocycles. The molecule has 1 atom stereocenters. The van der Waals surface area contributed by atoms with E-state index in [1.807, 2.05) is 12.1 Å². The van der Waals surface area contributed by atoms with E-state index in [1.165, 1.54) is 6.92 Å². The zero-order valence-electron chi connectivity index (χ0n) is 10.3. The zero-order valence-corrected chi connectivity index (χ0v) is 12.7. The fraction of sp³-hybridized carbons (Fsp3) is 0.417. The van der Waals surface area contributed by atoms with Crippen LogP contribution in [0.3, 0.4) is 0 Å². The number of hydrogen-bond acceptors (Lipinski definition) is 3. The molecule has 0 saturated heterocycles. The Morgan fingerprint density at radius 1 is 1.33 bits per heavy atom. The Labute approximate surface area is 116 Å². The smallest absolute Gasteiger partial charge is 0.242 e. The lowest BCUT2D eigenvalue weighted by molar-refractivity contribution is -0.115. The molecule has 0 radical (unpaired) electrons. The molecule has 0 aliphatic rings. The highest BCUT2D eigenvalue weighted by atomic mass is 79.9. The Morgan fingerprint density at radius 2 is 1.89 bits per heavy atom. The number of halogens is 1. The average molecular weight is 334 g/mol. The molecule has 1 aromatic rings. The molecular formula is C12H16BrNO3S. The van der Waals surface area contributed by atoms with Crippen molar-refractivity contribution in [1.82, 2.24) is 0 Å². The summed E-state index contributed by atoms with van der Waals surface area (Å²) >= 11 is 3.35. The molecule has 18 heavy (non-hydrogen) atoms. The first-order valence-corrected chi connectivity index (χ1v) is 8.57. The second kappa shape index (κ2) is 6.33. The number of nitrogens with one attached hydrogen (secondary N) is 1. The third kappa shape index (κ3) is 4.42. The van der Waals surface area contributed by atoms with Gasteiger partial charge in [0.05, 0.1) is 0 Å². The van der Waals surface area contributed by atoms with Gasteiger partial charge in [0.15, 0.2) is 9.84 Å². The third-order valence-corrected chi connectivity index (χ3v) is 4.51. The number of carbonyl (C=O) groups excluding carboxylic acids is 1. The van der Waals surface area contributed by atoms with Crippen LogP contribution < -0.4 is 5.32 Å². The van der Waals surface area contributed by atoms with Gasteiger partial charge in [0.1, 0.15) is 5.25 Å². The maximum Gasteiger partial charge on any atom is 0.242 e. The van der Waals surface area contributed by atoms with Gasteiger partial charge in [-0.1, -0.05) is 28.1 Å². The summed E-state index contributed by atoms with van der Waals surface area (Å²) in [6.07, 6.45) is 1.96. The fourth-order valence-corrected chi connectivity index (χ4v) is 2.21. The van der Waals surface area contributed by atoms with Gasteiger partial charge in [-0.05, 0) is 31.0 Å². The largest absolute Gasteiger partial charge is 0.325 e. The summed E-state index contributed by atoms with van der Waals surface area (Å²) in [5.41, 5.74) is 1.76. The minimum Gasteiger partial charge on any atom is -0.325 e. The van der Waals surface area contributed by atoms with Crippen LogP contribution in [-0.4, -0.2) is 31.2 Å². The van der Waals surface area contributed by atoms with E-state index in [4.69, 9.17) is 0 Å². The molecule has 0 fully saturated rings. The standard InChI is InChI=1S/C12H16BrNO3S/c1-9(18(2,16)17)12(15)14-11-5-3-10(4-6-11)7-8-13/h3-6,9H,7-8H2,1-2H3,(H,14,15). The predicted octanol–water partition coefficient (Wildman–Crippen LogP) is 2.00. The number of alkyl halides is 1. The number of benzene rings is 1. The lowest BCUT2D eigenvalue weighted by atomic mass is 10.1. The Hall–Kier alpha value is -0.880. The van der Waals surface area contributed by atoms with E-state index in [9.17, 15) is 13.2 Å². The molecule has 0 bridgehead atoms. The second-order valence-electron chi connectivity index (χ2n) is 4.10. The summed E-state index contributed by atoms with van der Waals surface area (Å²) in [7, 11) is -3.36. The van der Waals surface area contributed by atoms with Gasteiger partial charge in [-0.15, -0.1) is 0 Å². The average Bonchev–Trinajstić information content (AvgIpc) is 2.30. The van der Waals surface area contributed by atoms with Crippen molar-refractivity contribution in [2.45, 2.75) is 18.6 Å². The normalized spacial score (nSPS) is 13.1. The van der Waals surface area contributed by atoms with Crippen molar-refractivity contribution < 1.29 is 13.2 Å². The van der Waals surface area contributed by atoms with E-state index < -0.39 is 21.0 Å². The molecule has 0 saturated carbocycles. The molecule has 1 N–H and O–H groups in total. The molecule has 100 valence electrons. The quantitative estimate of drug-likeness (QED) is 0.838. The number of carbonyl (C=O) groups is 1. The van der Waals surface area contributed by atoms with E-state index in [2.05, 4.69) is 21.2 Å². The van der Waals surface area contributed by atoms with Crippen molar-refractivity contribution in [2.24, 2.45) is 0 Å². The Bertz CT molecular complexity index is 511. The lowest BCUT2D eigenvalue weighted by Gasteiger charge is -2.10. The van der Waals surface area contributed by atoms with Crippen LogP contribution in [0.5, 0.6) is 0 Å². The van der Waals surface area contributed by atoms with Gasteiger partial charge >= 0.3 is 0 Å². The lowest BCUT2D eigenvalue weighted by Crippen LogP contribution is -2.31. The van der Waals surface area contributed by atoms with Crippen molar-refractivity contribution >= 4 is 37.4 Å². The van der Waals surface area contributed by atoms with E-state index in [0.29, 0.717) is 5.69 Å². The molecule has 4 nitrogen and oxygen atoms in total. The number of rotatable bonds is 5. The first-order valence-electron chi connectivity index (χ1n) is 5.49. The van der Waals surface area contributed by atoms with Gasteiger partial charge in [-0.3, -0.25) is 4.79 Å². The number of aryl methyl sites for hydroxylation is 1. The minimum atomic E-state index is -3.36. The minimum absolute atomic E-state index is 0.509. The van der Waals surface area contributed by atoms with Crippen LogP contribution >= 0.6 is 15.9 Å². The highest BCUT2D eigenvalue weighted by Crippen LogP contribution is 2.12. The van der Waals surface area contributed by atoms with Gasteiger partial charge in [-0.2, -0.15) is 0 Å². The first kappa shape index (κ1) is 15.2. The number of amides is 1. The van der Waals surface area contributed by atoms with Crippen LogP contribution in [0.4, 0.5) is 5.69 Å². The Morgan fingerprint density at radius 3 is 2.33 bits per heavy atom. The summed E-state index contributed by atoms with van der Waals surface area (Å²) in [4.78, 5) is 11.7. The molecule has 1 unspecified atom stereocenters. The predicted molar refractivity (Wildman–Crippen MR) is 76.9 cm³/mol. The third-order valence-electron chi connectivity index (χ3n) is 2.62. The van der Waals surface area contributed by atoms with Crippen molar-refractivity contribution in [3.8, 4) is 0 Å². The SMILES string of the molecule is CC(C(=O)Nc1ccc(CCBr)cc1)S(C)(=O)=O. The summed E-state index contributed by atoms with van der Waals surface area (Å²) in [5, 5.41) is 2.42. The monoisotopic (exact) mass is 333 g/mol. The van der Waals surface area contributed by atoms with Gasteiger partial charge in [0.2, 0.25) is 5.91 Å². The molecule has 1 rings (SSSR count). The topological polar surface area (TPSA) is 63.2 Å². The number of hydrogen-bond donors (Lipinski definition) is 1. The summed E-state index contributed by atoms with van der Waals surface area (Å²) in [6, 6.07) is 7.35. The molecule has 6 heteroatoms. The van der Waals surface area contributed by atoms with Crippen LogP contribution in [0, 0.1) is 0 Å². The van der Waals surface area contributed by atoms with Crippen molar-refractivity contribution in [1.29, 1.82) is 0 Å². The van der Waals surface area contributed by atoms with Crippen LogP contribution in [0.2, 0.25) is 0 Å². The summed E-state index contributed by atoms with van der Waals surface area (Å²) in [6.45, 7) is 1.38. The number of sulfone groups is 1.